The van der Waals surface area contributed by atoms with E-state index in [1.165, 1.54) is 13.2 Å². The second kappa shape index (κ2) is 14.5. The molecule has 218 valence electrons. The fraction of sp³-hybridized carbons (Fsp3) is 0.357. The number of methoxy groups -OCH3 is 1. The number of aliphatic hydroxyl groups is 4. The molecule has 0 unspecified atom stereocenters. The van der Waals surface area contributed by atoms with Gasteiger partial charge in [0.2, 0.25) is 12.4 Å². The van der Waals surface area contributed by atoms with Crippen LogP contribution in [0.1, 0.15) is 22.5 Å². The van der Waals surface area contributed by atoms with E-state index in [2.05, 4.69) is 9.97 Å². The van der Waals surface area contributed by atoms with Gasteiger partial charge in [0.05, 0.1) is 18.3 Å². The van der Waals surface area contributed by atoms with E-state index >= 15 is 0 Å². The van der Waals surface area contributed by atoms with Gasteiger partial charge in [0, 0.05) is 12.8 Å². The standard InChI is InChI=1S/C28H30N2O11.Na/c1-15-13-18(14-31)30-27(29-15)40-23(25(37)41-26-21(34)19(32)20(33)22(39-26)24(35)36)28(38-2,16-9-5-3-6-10-16)17-11-7-4-8-12-17;/h3-13,19-23,26,31-34H,14H2,1-2H3,(H,35,36);/q;+1/p-1/t19-,20-,21+,22-,23+,26-;/m0./s1. The van der Waals surface area contributed by atoms with E-state index in [1.807, 2.05) is 0 Å². The van der Waals surface area contributed by atoms with E-state index in [0.29, 0.717) is 16.8 Å². The van der Waals surface area contributed by atoms with Crippen molar-refractivity contribution in [1.29, 1.82) is 0 Å². The van der Waals surface area contributed by atoms with Crippen LogP contribution in [0, 0.1) is 6.92 Å². The monoisotopic (exact) mass is 592 g/mol. The number of carboxylic acids is 1. The van der Waals surface area contributed by atoms with Crippen molar-refractivity contribution in [3.8, 4) is 6.01 Å². The fourth-order valence-corrected chi connectivity index (χ4v) is 4.64. The van der Waals surface area contributed by atoms with Crippen LogP contribution in [0.5, 0.6) is 6.01 Å². The normalized spacial score (nSPS) is 22.9. The van der Waals surface area contributed by atoms with Crippen molar-refractivity contribution in [3.05, 3.63) is 89.2 Å². The third-order valence-corrected chi connectivity index (χ3v) is 6.62. The number of aliphatic hydroxyl groups excluding tert-OH is 4. The molecule has 1 aromatic heterocycles. The molecule has 1 saturated heterocycles. The third-order valence-electron chi connectivity index (χ3n) is 6.62. The smallest absolute Gasteiger partial charge is 0.547 e. The summed E-state index contributed by atoms with van der Waals surface area (Å²) in [4.78, 5) is 33.8. The predicted octanol–water partition coefficient (Wildman–Crippen LogP) is -4.28. The molecule has 3 aromatic rings. The maximum absolute atomic E-state index is 14.0. The van der Waals surface area contributed by atoms with Crippen LogP contribution in [0.15, 0.2) is 66.7 Å². The van der Waals surface area contributed by atoms with Crippen LogP contribution >= 0.6 is 0 Å². The van der Waals surface area contributed by atoms with Crippen molar-refractivity contribution < 1.29 is 83.6 Å². The van der Waals surface area contributed by atoms with Crippen molar-refractivity contribution in [2.45, 2.75) is 55.9 Å². The number of ether oxygens (including phenoxy) is 4. The summed E-state index contributed by atoms with van der Waals surface area (Å²) in [5.74, 6) is -3.14. The van der Waals surface area contributed by atoms with Crippen LogP contribution in [-0.2, 0) is 36.0 Å². The summed E-state index contributed by atoms with van der Waals surface area (Å²) in [5.41, 5.74) is -0.286. The maximum Gasteiger partial charge on any atom is 1.00 e. The van der Waals surface area contributed by atoms with Gasteiger partial charge in [0.25, 0.3) is 0 Å². The minimum absolute atomic E-state index is 0. The number of carboxylic acid groups (broad SMARTS) is 1. The molecule has 0 bridgehead atoms. The molecule has 4 N–H and O–H groups in total. The van der Waals surface area contributed by atoms with E-state index in [9.17, 15) is 35.1 Å². The molecular formula is C28H29N2NaO11. The Balaban J connectivity index is 0.00000484. The fourth-order valence-electron chi connectivity index (χ4n) is 4.64. The van der Waals surface area contributed by atoms with E-state index in [0.717, 1.165) is 0 Å². The zero-order chi connectivity index (χ0) is 29.7. The first-order chi connectivity index (χ1) is 19.6. The molecule has 0 saturated carbocycles. The molecule has 14 heteroatoms. The van der Waals surface area contributed by atoms with Crippen LogP contribution < -0.4 is 39.4 Å². The van der Waals surface area contributed by atoms with Crippen molar-refractivity contribution in [2.75, 3.05) is 7.11 Å². The van der Waals surface area contributed by atoms with Gasteiger partial charge in [-0.2, -0.15) is 4.98 Å². The summed E-state index contributed by atoms with van der Waals surface area (Å²) in [6.07, 6.45) is -12.1. The zero-order valence-electron chi connectivity index (χ0n) is 23.1. The molecule has 0 spiro atoms. The molecule has 2 heterocycles. The van der Waals surface area contributed by atoms with Gasteiger partial charge in [-0.1, -0.05) is 60.7 Å². The van der Waals surface area contributed by atoms with Crippen molar-refractivity contribution >= 4 is 11.9 Å². The summed E-state index contributed by atoms with van der Waals surface area (Å²) < 4.78 is 22.6. The number of carbonyl (C=O) groups is 2. The third kappa shape index (κ3) is 6.80. The van der Waals surface area contributed by atoms with Crippen LogP contribution in [0.25, 0.3) is 0 Å². The average Bonchev–Trinajstić information content (AvgIpc) is 2.98. The number of hydrogen-bond acceptors (Lipinski definition) is 13. The number of esters is 1. The Morgan fingerprint density at radius 2 is 1.55 bits per heavy atom. The molecule has 2 aromatic carbocycles. The molecule has 6 atom stereocenters. The summed E-state index contributed by atoms with van der Waals surface area (Å²) in [6, 6.07) is 18.2. The molecule has 4 rings (SSSR count). The molecule has 13 nitrogen and oxygen atoms in total. The molecule has 1 aliphatic heterocycles. The Morgan fingerprint density at radius 3 is 2.05 bits per heavy atom. The molecule has 42 heavy (non-hydrogen) atoms. The number of aromatic nitrogens is 2. The molecule has 0 aliphatic carbocycles. The Bertz CT molecular complexity index is 1310. The predicted molar refractivity (Wildman–Crippen MR) is 136 cm³/mol. The summed E-state index contributed by atoms with van der Waals surface area (Å²) in [7, 11) is 1.33. The van der Waals surface area contributed by atoms with Crippen LogP contribution in [0.4, 0.5) is 0 Å². The van der Waals surface area contributed by atoms with Crippen molar-refractivity contribution in [2.24, 2.45) is 0 Å². The Kier molecular flexibility index (Phi) is 11.5. The van der Waals surface area contributed by atoms with Gasteiger partial charge in [0.15, 0.2) is 5.60 Å². The van der Waals surface area contributed by atoms with Gasteiger partial charge in [-0.05, 0) is 24.1 Å². The first-order valence-corrected chi connectivity index (χ1v) is 12.5. The SMILES string of the molecule is COC(c1ccccc1)(c1ccccc1)[C@H](Oc1nc(C)cc(CO)n1)C(=O)O[C@@H]1O[C@H](C(=O)[O-])[C@@H](O)[C@H](O)[C@H]1O.[Na+]. The second-order valence-corrected chi connectivity index (χ2v) is 9.26. The Morgan fingerprint density at radius 1 is 0.976 bits per heavy atom. The van der Waals surface area contributed by atoms with Crippen molar-refractivity contribution in [3.63, 3.8) is 0 Å². The van der Waals surface area contributed by atoms with E-state index < -0.39 is 61.0 Å². The number of rotatable bonds is 10. The molecular weight excluding hydrogens is 563 g/mol. The minimum Gasteiger partial charge on any atom is -0.547 e. The maximum atomic E-state index is 14.0. The molecule has 1 fully saturated rings. The Hall–Kier alpha value is -2.98. The minimum atomic E-state index is -2.12. The van der Waals surface area contributed by atoms with Gasteiger partial charge in [-0.25, -0.2) is 9.78 Å². The number of benzene rings is 2. The van der Waals surface area contributed by atoms with Crippen LogP contribution in [0.3, 0.4) is 0 Å². The second-order valence-electron chi connectivity index (χ2n) is 9.26. The Labute approximate surface area is 263 Å². The first kappa shape index (κ1) is 33.5. The first-order valence-electron chi connectivity index (χ1n) is 12.5. The number of carbonyl (C=O) groups excluding carboxylic acids is 2. The number of aliphatic carboxylic acids is 1. The number of aryl methyl sites for hydroxylation is 1. The van der Waals surface area contributed by atoms with Crippen molar-refractivity contribution in [1.82, 2.24) is 9.97 Å². The number of nitrogens with zero attached hydrogens (tertiary/aromatic N) is 2. The van der Waals surface area contributed by atoms with Gasteiger partial charge in [-0.15, -0.1) is 0 Å². The molecule has 0 radical (unpaired) electrons. The number of hydrogen-bond donors (Lipinski definition) is 4. The van der Waals surface area contributed by atoms with Gasteiger partial charge >= 0.3 is 41.5 Å². The zero-order valence-corrected chi connectivity index (χ0v) is 25.1. The topological polar surface area (TPSA) is 201 Å². The summed E-state index contributed by atoms with van der Waals surface area (Å²) in [6.45, 7) is 1.17. The quantitative estimate of drug-likeness (QED) is 0.130. The van der Waals surface area contributed by atoms with Crippen LogP contribution in [-0.4, -0.2) is 86.3 Å². The average molecular weight is 593 g/mol. The molecule has 1 aliphatic rings. The largest absolute Gasteiger partial charge is 1.00 e. The van der Waals surface area contributed by atoms with E-state index in [-0.39, 0.29) is 41.3 Å². The van der Waals surface area contributed by atoms with E-state index in [1.54, 1.807) is 67.6 Å². The van der Waals surface area contributed by atoms with E-state index in [4.69, 9.17) is 18.9 Å². The molecule has 0 amide bonds. The summed E-state index contributed by atoms with van der Waals surface area (Å²) >= 11 is 0. The van der Waals surface area contributed by atoms with Gasteiger partial charge in [0.1, 0.15) is 24.4 Å². The van der Waals surface area contributed by atoms with Gasteiger partial charge in [-0.3, -0.25) is 0 Å². The summed E-state index contributed by atoms with van der Waals surface area (Å²) in [5, 5.41) is 51.8. The van der Waals surface area contributed by atoms with Crippen LogP contribution in [0.2, 0.25) is 0 Å². The van der Waals surface area contributed by atoms with Gasteiger partial charge < -0.3 is 49.3 Å².